The number of nitrogens with one attached hydrogen (secondary N) is 1. The SMILES string of the molecule is CC.CNC(C)CCC1CCCC1N(C=O)C1CCCCC1. The molecule has 3 heteroatoms. The van der Waals surface area contributed by atoms with E-state index in [0.29, 0.717) is 18.1 Å². The molecule has 3 atom stereocenters. The molecule has 3 nitrogen and oxygen atoms in total. The van der Waals surface area contributed by atoms with Gasteiger partial charge in [-0.25, -0.2) is 0 Å². The Hall–Kier alpha value is -0.570. The van der Waals surface area contributed by atoms with E-state index in [4.69, 9.17) is 0 Å². The van der Waals surface area contributed by atoms with Crippen LogP contribution in [0.3, 0.4) is 0 Å². The molecule has 0 heterocycles. The molecule has 2 aliphatic carbocycles. The van der Waals surface area contributed by atoms with Gasteiger partial charge in [0, 0.05) is 18.1 Å². The minimum atomic E-state index is 0.527. The lowest BCUT2D eigenvalue weighted by Crippen LogP contribution is -2.45. The van der Waals surface area contributed by atoms with E-state index >= 15 is 0 Å². The van der Waals surface area contributed by atoms with E-state index in [1.807, 2.05) is 20.9 Å². The normalized spacial score (nSPS) is 26.9. The number of hydrogen-bond acceptors (Lipinski definition) is 2. The summed E-state index contributed by atoms with van der Waals surface area (Å²) in [6.07, 6.45) is 14.0. The molecule has 2 aliphatic rings. The van der Waals surface area contributed by atoms with Gasteiger partial charge in [-0.1, -0.05) is 39.5 Å². The fraction of sp³-hybridized carbons (Fsp3) is 0.947. The van der Waals surface area contributed by atoms with Crippen molar-refractivity contribution in [3.63, 3.8) is 0 Å². The Kier molecular flexibility index (Phi) is 9.77. The van der Waals surface area contributed by atoms with Gasteiger partial charge in [0.2, 0.25) is 6.41 Å². The fourth-order valence-electron chi connectivity index (χ4n) is 4.17. The van der Waals surface area contributed by atoms with Crippen LogP contribution in [0, 0.1) is 5.92 Å². The van der Waals surface area contributed by atoms with Crippen molar-refractivity contribution in [2.24, 2.45) is 5.92 Å². The van der Waals surface area contributed by atoms with Gasteiger partial charge in [0.05, 0.1) is 0 Å². The van der Waals surface area contributed by atoms with E-state index in [-0.39, 0.29) is 0 Å². The smallest absolute Gasteiger partial charge is 0.210 e. The lowest BCUT2D eigenvalue weighted by molar-refractivity contribution is -0.124. The highest BCUT2D eigenvalue weighted by Gasteiger charge is 2.35. The van der Waals surface area contributed by atoms with Crippen molar-refractivity contribution in [2.75, 3.05) is 7.05 Å². The van der Waals surface area contributed by atoms with Crippen LogP contribution in [0.1, 0.15) is 85.0 Å². The van der Waals surface area contributed by atoms with Crippen molar-refractivity contribution in [1.82, 2.24) is 10.2 Å². The fourth-order valence-corrected chi connectivity index (χ4v) is 4.17. The van der Waals surface area contributed by atoms with Crippen molar-refractivity contribution in [3.05, 3.63) is 0 Å². The van der Waals surface area contributed by atoms with Crippen LogP contribution in [0.2, 0.25) is 0 Å². The van der Waals surface area contributed by atoms with Crippen LogP contribution in [0.25, 0.3) is 0 Å². The standard InChI is InChI=1S/C17H32N2O.C2H6/c1-14(18-2)11-12-15-7-6-10-17(15)19(13-20)16-8-4-3-5-9-16;1-2/h13-18H,3-12H2,1-2H3;1-2H3. The van der Waals surface area contributed by atoms with E-state index < -0.39 is 0 Å². The third-order valence-corrected chi connectivity index (χ3v) is 5.58. The summed E-state index contributed by atoms with van der Waals surface area (Å²) in [5, 5.41) is 3.33. The van der Waals surface area contributed by atoms with Crippen LogP contribution in [-0.2, 0) is 4.79 Å². The Labute approximate surface area is 138 Å². The summed E-state index contributed by atoms with van der Waals surface area (Å²) in [5.41, 5.74) is 0. The third kappa shape index (κ3) is 5.57. The van der Waals surface area contributed by atoms with Gasteiger partial charge in [-0.3, -0.25) is 4.79 Å². The number of carbonyl (C=O) groups is 1. The zero-order valence-electron chi connectivity index (χ0n) is 15.3. The number of hydrogen-bond donors (Lipinski definition) is 1. The summed E-state index contributed by atoms with van der Waals surface area (Å²) in [7, 11) is 2.04. The van der Waals surface area contributed by atoms with Crippen molar-refractivity contribution in [1.29, 1.82) is 0 Å². The first-order valence-electron chi connectivity index (χ1n) is 9.66. The third-order valence-electron chi connectivity index (χ3n) is 5.58. The number of nitrogens with zero attached hydrogens (tertiary/aromatic N) is 1. The predicted octanol–water partition coefficient (Wildman–Crippen LogP) is 4.36. The van der Waals surface area contributed by atoms with Gasteiger partial charge in [0.15, 0.2) is 0 Å². The Balaban J connectivity index is 0.00000116. The molecule has 1 N–H and O–H groups in total. The summed E-state index contributed by atoms with van der Waals surface area (Å²) >= 11 is 0. The van der Waals surface area contributed by atoms with Crippen LogP contribution >= 0.6 is 0 Å². The molecule has 0 aliphatic heterocycles. The topological polar surface area (TPSA) is 32.3 Å². The maximum atomic E-state index is 11.6. The summed E-state index contributed by atoms with van der Waals surface area (Å²) in [6.45, 7) is 6.25. The van der Waals surface area contributed by atoms with Crippen molar-refractivity contribution in [3.8, 4) is 0 Å². The maximum absolute atomic E-state index is 11.6. The van der Waals surface area contributed by atoms with E-state index in [9.17, 15) is 4.79 Å². The van der Waals surface area contributed by atoms with Gasteiger partial charge < -0.3 is 10.2 Å². The molecular weight excluding hydrogens is 272 g/mol. The number of amides is 1. The lowest BCUT2D eigenvalue weighted by Gasteiger charge is -2.38. The first kappa shape index (κ1) is 19.5. The predicted molar refractivity (Wildman–Crippen MR) is 95.0 cm³/mol. The molecule has 2 saturated carbocycles. The molecule has 1 amide bonds. The van der Waals surface area contributed by atoms with E-state index in [1.165, 1.54) is 70.6 Å². The van der Waals surface area contributed by atoms with Crippen LogP contribution < -0.4 is 5.32 Å². The highest BCUT2D eigenvalue weighted by atomic mass is 16.1. The molecule has 130 valence electrons. The van der Waals surface area contributed by atoms with Crippen LogP contribution in [-0.4, -0.2) is 36.5 Å². The molecule has 0 radical (unpaired) electrons. The molecule has 0 aromatic carbocycles. The Morgan fingerprint density at radius 3 is 2.36 bits per heavy atom. The Morgan fingerprint density at radius 1 is 1.09 bits per heavy atom. The molecule has 2 fully saturated rings. The highest BCUT2D eigenvalue weighted by molar-refractivity contribution is 5.48. The van der Waals surface area contributed by atoms with Gasteiger partial charge in [0.25, 0.3) is 0 Å². The van der Waals surface area contributed by atoms with Crippen molar-refractivity contribution < 1.29 is 4.79 Å². The van der Waals surface area contributed by atoms with Gasteiger partial charge >= 0.3 is 0 Å². The summed E-state index contributed by atoms with van der Waals surface area (Å²) < 4.78 is 0. The Bertz CT molecular complexity index is 289. The van der Waals surface area contributed by atoms with Crippen LogP contribution in [0.5, 0.6) is 0 Å². The zero-order valence-corrected chi connectivity index (χ0v) is 15.3. The summed E-state index contributed by atoms with van der Waals surface area (Å²) in [6, 6.07) is 1.66. The van der Waals surface area contributed by atoms with Crippen LogP contribution in [0.4, 0.5) is 0 Å². The monoisotopic (exact) mass is 310 g/mol. The minimum Gasteiger partial charge on any atom is -0.339 e. The lowest BCUT2D eigenvalue weighted by atomic mass is 9.89. The second kappa shape index (κ2) is 11.0. The zero-order chi connectivity index (χ0) is 16.4. The molecule has 0 saturated heterocycles. The first-order chi connectivity index (χ1) is 10.8. The molecule has 3 unspecified atom stereocenters. The average molecular weight is 311 g/mol. The molecular formula is C19H38N2O. The van der Waals surface area contributed by atoms with E-state index in [2.05, 4.69) is 17.1 Å². The Morgan fingerprint density at radius 2 is 1.77 bits per heavy atom. The van der Waals surface area contributed by atoms with Crippen LogP contribution in [0.15, 0.2) is 0 Å². The molecule has 2 rings (SSSR count). The minimum absolute atomic E-state index is 0.527. The number of carbonyl (C=O) groups excluding carboxylic acids is 1. The average Bonchev–Trinajstić information content (AvgIpc) is 3.04. The van der Waals surface area contributed by atoms with Crippen molar-refractivity contribution in [2.45, 2.75) is 103 Å². The number of rotatable bonds is 7. The maximum Gasteiger partial charge on any atom is 0.210 e. The van der Waals surface area contributed by atoms with Crippen molar-refractivity contribution >= 4 is 6.41 Å². The quantitative estimate of drug-likeness (QED) is 0.709. The second-order valence-electron chi connectivity index (χ2n) is 6.87. The van der Waals surface area contributed by atoms with E-state index in [1.54, 1.807) is 0 Å². The molecule has 0 aromatic heterocycles. The molecule has 0 aromatic rings. The summed E-state index contributed by atoms with van der Waals surface area (Å²) in [5.74, 6) is 0.734. The molecule has 22 heavy (non-hydrogen) atoms. The summed E-state index contributed by atoms with van der Waals surface area (Å²) in [4.78, 5) is 13.9. The first-order valence-corrected chi connectivity index (χ1v) is 9.66. The van der Waals surface area contributed by atoms with Gasteiger partial charge in [-0.05, 0) is 58.4 Å². The van der Waals surface area contributed by atoms with E-state index in [0.717, 1.165) is 5.92 Å². The van der Waals surface area contributed by atoms with Gasteiger partial charge in [-0.15, -0.1) is 0 Å². The molecule has 0 bridgehead atoms. The highest BCUT2D eigenvalue weighted by Crippen LogP contribution is 2.36. The largest absolute Gasteiger partial charge is 0.339 e. The van der Waals surface area contributed by atoms with Gasteiger partial charge in [0.1, 0.15) is 0 Å². The van der Waals surface area contributed by atoms with Gasteiger partial charge in [-0.2, -0.15) is 0 Å². The molecule has 0 spiro atoms. The second-order valence-corrected chi connectivity index (χ2v) is 6.87.